The van der Waals surface area contributed by atoms with Gasteiger partial charge in [0.25, 0.3) is 0 Å². The molecule has 0 spiro atoms. The number of hydrogen-bond donors (Lipinski definition) is 2. The molecule has 6 atom stereocenters. The maximum absolute atomic E-state index is 15.2. The van der Waals surface area contributed by atoms with Crippen LogP contribution in [-0.4, -0.2) is 61.0 Å². The molecular formula is C42H37ClN4O7S. The Kier molecular flexibility index (Phi) is 8.11. The average Bonchev–Trinajstić information content (AvgIpc) is 3.83. The number of nitrogens with zero attached hydrogens (tertiary/aromatic N) is 4. The van der Waals surface area contributed by atoms with Gasteiger partial charge in [-0.25, -0.2) is 4.90 Å². The van der Waals surface area contributed by atoms with Crippen molar-refractivity contribution in [3.63, 3.8) is 0 Å². The van der Waals surface area contributed by atoms with Gasteiger partial charge < -0.3 is 10.2 Å². The molecule has 13 heteroatoms. The third-order valence-electron chi connectivity index (χ3n) is 12.6. The van der Waals surface area contributed by atoms with E-state index in [0.29, 0.717) is 21.9 Å². The molecule has 6 unspecified atom stereocenters. The topological polar surface area (TPSA) is 150 Å². The fourth-order valence-corrected chi connectivity index (χ4v) is 11.3. The fourth-order valence-electron chi connectivity index (χ4n) is 10.0. The minimum atomic E-state index is -1.30. The first-order valence-corrected chi connectivity index (χ1v) is 19.6. The van der Waals surface area contributed by atoms with Gasteiger partial charge in [0.1, 0.15) is 17.3 Å². The number of aromatic nitrogens is 2. The van der Waals surface area contributed by atoms with Gasteiger partial charge in [-0.3, -0.25) is 33.6 Å². The molecule has 0 bridgehead atoms. The van der Waals surface area contributed by atoms with E-state index in [-0.39, 0.29) is 55.7 Å². The van der Waals surface area contributed by atoms with Crippen molar-refractivity contribution in [1.82, 2.24) is 14.7 Å². The molecule has 0 radical (unpaired) electrons. The number of carbonyl (C=O) groups excluding carboxylic acids is 4. The van der Waals surface area contributed by atoms with E-state index < -0.39 is 46.9 Å². The summed E-state index contributed by atoms with van der Waals surface area (Å²) in [6.45, 7) is 3.84. The van der Waals surface area contributed by atoms with E-state index in [2.05, 4.69) is 0 Å². The van der Waals surface area contributed by atoms with Crippen LogP contribution >= 0.6 is 22.9 Å². The number of phenols is 1. The Bertz CT molecular complexity index is 2570. The lowest BCUT2D eigenvalue weighted by atomic mass is 9.51. The van der Waals surface area contributed by atoms with Crippen LogP contribution in [-0.2, 0) is 31.0 Å². The number of aryl methyl sites for hydroxylation is 2. The Morgan fingerprint density at radius 1 is 0.982 bits per heavy atom. The number of carboxylic acids is 1. The molecule has 5 aromatic rings. The van der Waals surface area contributed by atoms with Crippen molar-refractivity contribution in [2.75, 3.05) is 11.4 Å². The van der Waals surface area contributed by atoms with Gasteiger partial charge in [0, 0.05) is 47.1 Å². The first-order valence-electron chi connectivity index (χ1n) is 18.4. The first kappa shape index (κ1) is 35.4. The summed E-state index contributed by atoms with van der Waals surface area (Å²) in [5.41, 5.74) is 1.89. The number of likely N-dealkylation sites (tertiary alicyclic amines) is 1. The summed E-state index contributed by atoms with van der Waals surface area (Å²) in [6, 6.07) is 18.3. The van der Waals surface area contributed by atoms with Crippen LogP contribution in [0, 0.1) is 36.0 Å². The van der Waals surface area contributed by atoms with Gasteiger partial charge >= 0.3 is 5.97 Å². The number of hydrogen-bond acceptors (Lipinski definition) is 8. The molecular weight excluding hydrogens is 740 g/mol. The van der Waals surface area contributed by atoms with Crippen molar-refractivity contribution in [2.45, 2.75) is 45.4 Å². The molecule has 2 saturated heterocycles. The van der Waals surface area contributed by atoms with Gasteiger partial charge in [0.05, 0.1) is 28.0 Å². The zero-order valence-corrected chi connectivity index (χ0v) is 31.9. The minimum absolute atomic E-state index is 0.00647. The summed E-state index contributed by atoms with van der Waals surface area (Å²) in [5.74, 6) is -5.51. The predicted molar refractivity (Wildman–Crippen MR) is 208 cm³/mol. The highest BCUT2D eigenvalue weighted by atomic mass is 35.5. The van der Waals surface area contributed by atoms with Crippen LogP contribution in [0.5, 0.6) is 5.75 Å². The number of thiophene rings is 1. The lowest BCUT2D eigenvalue weighted by molar-refractivity contribution is -0.142. The Morgan fingerprint density at radius 3 is 2.51 bits per heavy atom. The highest BCUT2D eigenvalue weighted by Gasteiger charge is 2.68. The number of phenolic OH excluding ortho intramolecular Hbond substituents is 1. The van der Waals surface area contributed by atoms with E-state index in [0.717, 1.165) is 37.0 Å². The van der Waals surface area contributed by atoms with Crippen LogP contribution in [0.25, 0.3) is 31.4 Å². The van der Waals surface area contributed by atoms with Crippen LogP contribution in [0.4, 0.5) is 5.82 Å². The fraction of sp³-hybridized carbons (Fsp3) is 0.333. The SMILES string of the molecule is Cc1c(-c2cc(N3C(=O)C4CC5C(=CCC6C(=O)N(CCCC(=O)O)C(=O)C65)C(c5ccc(O)c6ccccc56)C4(C)C3=O)n(C)n2)sc2ccc(Cl)cc12. The van der Waals surface area contributed by atoms with Gasteiger partial charge in [-0.2, -0.15) is 5.10 Å². The van der Waals surface area contributed by atoms with E-state index in [9.17, 15) is 29.4 Å². The Balaban J connectivity index is 1.17. The van der Waals surface area contributed by atoms with E-state index in [1.165, 1.54) is 9.80 Å². The van der Waals surface area contributed by atoms with Crippen molar-refractivity contribution in [1.29, 1.82) is 0 Å². The summed E-state index contributed by atoms with van der Waals surface area (Å²) in [6.07, 6.45) is 2.42. The number of fused-ring (bicyclic) bond motifs is 6. The zero-order chi connectivity index (χ0) is 38.7. The number of amides is 4. The summed E-state index contributed by atoms with van der Waals surface area (Å²) in [7, 11) is 1.71. The quantitative estimate of drug-likeness (QED) is 0.130. The molecule has 2 N–H and O–H groups in total. The van der Waals surface area contributed by atoms with Crippen molar-refractivity contribution < 1.29 is 34.2 Å². The molecule has 3 aromatic carbocycles. The normalized spacial score (nSPS) is 26.2. The van der Waals surface area contributed by atoms with Crippen LogP contribution < -0.4 is 4.90 Å². The summed E-state index contributed by atoms with van der Waals surface area (Å²) < 4.78 is 2.60. The van der Waals surface area contributed by atoms with E-state index >= 15 is 4.79 Å². The van der Waals surface area contributed by atoms with E-state index in [4.69, 9.17) is 16.7 Å². The molecule has 4 heterocycles. The number of carbonyl (C=O) groups is 5. The maximum Gasteiger partial charge on any atom is 0.303 e. The second-order valence-corrected chi connectivity index (χ2v) is 16.9. The third kappa shape index (κ3) is 5.07. The average molecular weight is 777 g/mol. The molecule has 4 aliphatic rings. The number of aliphatic carboxylic acids is 1. The van der Waals surface area contributed by atoms with E-state index in [1.54, 1.807) is 41.3 Å². The van der Waals surface area contributed by atoms with Gasteiger partial charge in [-0.05, 0) is 85.2 Å². The van der Waals surface area contributed by atoms with Crippen molar-refractivity contribution >= 4 is 79.2 Å². The first-order chi connectivity index (χ1) is 26.3. The number of rotatable bonds is 7. The Morgan fingerprint density at radius 2 is 1.75 bits per heavy atom. The van der Waals surface area contributed by atoms with Gasteiger partial charge in [-0.15, -0.1) is 11.3 Å². The van der Waals surface area contributed by atoms with E-state index in [1.807, 2.05) is 62.4 Å². The van der Waals surface area contributed by atoms with Crippen LogP contribution in [0.3, 0.4) is 0 Å². The number of aromatic hydroxyl groups is 1. The largest absolute Gasteiger partial charge is 0.507 e. The molecule has 3 fully saturated rings. The summed E-state index contributed by atoms with van der Waals surface area (Å²) in [5, 5.41) is 27.9. The molecule has 11 nitrogen and oxygen atoms in total. The highest BCUT2D eigenvalue weighted by molar-refractivity contribution is 7.22. The minimum Gasteiger partial charge on any atom is -0.507 e. The lowest BCUT2D eigenvalue weighted by Crippen LogP contribution is -2.49. The molecule has 9 rings (SSSR count). The second kappa shape index (κ2) is 12.6. The highest BCUT2D eigenvalue weighted by Crippen LogP contribution is 2.64. The predicted octanol–water partition coefficient (Wildman–Crippen LogP) is 7.22. The summed E-state index contributed by atoms with van der Waals surface area (Å²) in [4.78, 5) is 72.7. The monoisotopic (exact) mass is 776 g/mol. The van der Waals surface area contributed by atoms with Crippen LogP contribution in [0.1, 0.15) is 49.7 Å². The number of benzene rings is 3. The van der Waals surface area contributed by atoms with Crippen molar-refractivity contribution in [2.24, 2.45) is 36.1 Å². The molecule has 1 saturated carbocycles. The molecule has 2 aromatic heterocycles. The van der Waals surface area contributed by atoms with Crippen molar-refractivity contribution in [3.8, 4) is 16.3 Å². The third-order valence-corrected chi connectivity index (χ3v) is 14.1. The van der Waals surface area contributed by atoms with Crippen LogP contribution in [0.15, 0.2) is 72.3 Å². The van der Waals surface area contributed by atoms with Gasteiger partial charge in [0.15, 0.2) is 0 Å². The smallest absolute Gasteiger partial charge is 0.303 e. The standard InChI is InChI=1S/C42H37ClN4O7S/c1-20-27-17-21(43)10-15-32(27)55-37(20)30-19-33(45(3)44-30)47-39(52)29-18-28-25(11-12-26-35(28)40(53)46(38(26)51)16-6-9-34(49)50)36(42(29,2)41(47)54)24-13-14-31(48)23-8-5-4-7-22(23)24/h4-5,7-8,10-11,13-15,17,19,26,28-29,35-36,48H,6,9,12,16,18H2,1-3H3,(H,49,50). The zero-order valence-electron chi connectivity index (χ0n) is 30.3. The molecule has 2 aliphatic carbocycles. The molecule has 280 valence electrons. The van der Waals surface area contributed by atoms with Crippen LogP contribution in [0.2, 0.25) is 5.02 Å². The molecule has 2 aliphatic heterocycles. The number of allylic oxidation sites excluding steroid dienone is 2. The number of carboxylic acid groups (broad SMARTS) is 1. The van der Waals surface area contributed by atoms with Gasteiger partial charge in [0.2, 0.25) is 23.6 Å². The number of imide groups is 2. The second-order valence-electron chi connectivity index (χ2n) is 15.4. The number of anilines is 1. The van der Waals surface area contributed by atoms with Crippen molar-refractivity contribution in [3.05, 3.63) is 88.5 Å². The molecule has 4 amide bonds. The lowest BCUT2D eigenvalue weighted by Gasteiger charge is -2.49. The van der Waals surface area contributed by atoms with Gasteiger partial charge in [-0.1, -0.05) is 53.6 Å². The maximum atomic E-state index is 15.2. The number of halogens is 1. The Hall–Kier alpha value is -5.33. The Labute approximate surface area is 324 Å². The summed E-state index contributed by atoms with van der Waals surface area (Å²) >= 11 is 7.88. The molecule has 55 heavy (non-hydrogen) atoms.